The van der Waals surface area contributed by atoms with Crippen molar-refractivity contribution in [2.45, 2.75) is 37.8 Å². The minimum Gasteiger partial charge on any atom is -0.493 e. The van der Waals surface area contributed by atoms with Crippen LogP contribution < -0.4 is 37.9 Å². The van der Waals surface area contributed by atoms with Gasteiger partial charge in [0.05, 0.1) is 49.8 Å². The van der Waals surface area contributed by atoms with Gasteiger partial charge in [-0.3, -0.25) is 9.80 Å². The Kier molecular flexibility index (Phi) is 9.56. The van der Waals surface area contributed by atoms with Crippen LogP contribution in [0.15, 0.2) is 42.5 Å². The lowest BCUT2D eigenvalue weighted by atomic mass is 9.76. The molecule has 10 nitrogen and oxygen atoms in total. The van der Waals surface area contributed by atoms with E-state index in [9.17, 15) is 0 Å². The third-order valence-electron chi connectivity index (χ3n) is 10.9. The summed E-state index contributed by atoms with van der Waals surface area (Å²) < 4.78 is 48.4. The highest BCUT2D eigenvalue weighted by molar-refractivity contribution is 5.89. The van der Waals surface area contributed by atoms with Crippen molar-refractivity contribution >= 4 is 0 Å². The molecule has 0 amide bonds. The molecular formula is C41H48N2O8. The number of ether oxygens (including phenoxy) is 8. The third-order valence-corrected chi connectivity index (χ3v) is 10.9. The van der Waals surface area contributed by atoms with Crippen molar-refractivity contribution in [1.29, 1.82) is 0 Å². The van der Waals surface area contributed by atoms with Crippen LogP contribution >= 0.6 is 0 Å². The Bertz CT molecular complexity index is 1960. The lowest BCUT2D eigenvalue weighted by Crippen LogP contribution is -2.35. The predicted octanol–water partition coefficient (Wildman–Crippen LogP) is 7.06. The van der Waals surface area contributed by atoms with E-state index in [1.165, 1.54) is 22.3 Å². The van der Waals surface area contributed by atoms with Crippen LogP contribution in [0.1, 0.15) is 45.5 Å². The molecule has 0 bridgehead atoms. The molecule has 3 aliphatic rings. The van der Waals surface area contributed by atoms with Crippen LogP contribution in [0.4, 0.5) is 0 Å². The minimum absolute atomic E-state index is 0.0300. The van der Waals surface area contributed by atoms with E-state index in [2.05, 4.69) is 48.2 Å². The van der Waals surface area contributed by atoms with Gasteiger partial charge in [-0.15, -0.1) is 0 Å². The van der Waals surface area contributed by atoms with E-state index >= 15 is 0 Å². The molecule has 2 unspecified atom stereocenters. The minimum atomic E-state index is 0.0300. The van der Waals surface area contributed by atoms with Crippen molar-refractivity contribution in [2.75, 3.05) is 77.0 Å². The molecule has 4 aromatic rings. The average molecular weight is 697 g/mol. The van der Waals surface area contributed by atoms with E-state index < -0.39 is 0 Å². The summed E-state index contributed by atoms with van der Waals surface area (Å²) in [7, 11) is 16.1. The normalized spacial score (nSPS) is 17.8. The Hall–Kier alpha value is -4.80. The standard InChI is InChI=1S/C41H48N2O8/c1-42-14-12-23-18-32(45-4)34(47-6)21-27(23)28(42)17-26-20-33(46-5)35(48-7)22-31(26)51-41-30(44-3)11-10-24-16-29-37-25(13-15-43(29)2)19-36(49-8)40(50-9)39(37)38(24)41/h10-11,18-22,28-29H,12-17H2,1-9H3. The van der Waals surface area contributed by atoms with Gasteiger partial charge in [-0.25, -0.2) is 0 Å². The second-order valence-corrected chi connectivity index (χ2v) is 13.4. The zero-order chi connectivity index (χ0) is 36.0. The first-order chi connectivity index (χ1) is 24.8. The number of likely N-dealkylation sites (N-methyl/N-ethyl adjacent to an activating group) is 2. The van der Waals surface area contributed by atoms with Gasteiger partial charge in [0.15, 0.2) is 46.0 Å². The van der Waals surface area contributed by atoms with Crippen LogP contribution in [-0.4, -0.2) is 86.8 Å². The molecule has 0 radical (unpaired) electrons. The smallest absolute Gasteiger partial charge is 0.177 e. The predicted molar refractivity (Wildman–Crippen MR) is 196 cm³/mol. The molecule has 0 saturated heterocycles. The summed E-state index contributed by atoms with van der Waals surface area (Å²) in [6.45, 7) is 1.86. The van der Waals surface area contributed by atoms with Crippen molar-refractivity contribution in [3.8, 4) is 62.9 Å². The number of nitrogens with zero attached hydrogens (tertiary/aromatic N) is 2. The lowest BCUT2D eigenvalue weighted by molar-refractivity contribution is 0.225. The third kappa shape index (κ3) is 5.84. The van der Waals surface area contributed by atoms with Crippen LogP contribution in [0.25, 0.3) is 11.1 Å². The number of benzene rings is 4. The molecule has 51 heavy (non-hydrogen) atoms. The van der Waals surface area contributed by atoms with Crippen molar-refractivity contribution in [3.63, 3.8) is 0 Å². The SMILES string of the molecule is COc1cc(CC2c3cc(OC)c(OC)cc3CCN2C)c(Oc2c(OC)ccc3c2-c2c(OC)c(OC)cc4c2C(C3)N(C)CC4)cc1OC. The molecule has 0 fully saturated rings. The Morgan fingerprint density at radius 3 is 1.84 bits per heavy atom. The summed E-state index contributed by atoms with van der Waals surface area (Å²) in [6.07, 6.45) is 3.29. The van der Waals surface area contributed by atoms with Gasteiger partial charge in [-0.2, -0.15) is 0 Å². The van der Waals surface area contributed by atoms with Crippen molar-refractivity contribution in [2.24, 2.45) is 0 Å². The van der Waals surface area contributed by atoms with Crippen LogP contribution in [0.2, 0.25) is 0 Å². The molecule has 2 heterocycles. The van der Waals surface area contributed by atoms with Crippen LogP contribution in [0, 0.1) is 0 Å². The van der Waals surface area contributed by atoms with Gasteiger partial charge in [0.1, 0.15) is 5.75 Å². The van der Waals surface area contributed by atoms with Gasteiger partial charge in [0.2, 0.25) is 0 Å². The molecule has 7 rings (SSSR count). The van der Waals surface area contributed by atoms with Gasteiger partial charge < -0.3 is 37.9 Å². The highest BCUT2D eigenvalue weighted by Gasteiger charge is 2.39. The Labute approximate surface area is 300 Å². The molecular weight excluding hydrogens is 648 g/mol. The van der Waals surface area contributed by atoms with Crippen LogP contribution in [0.5, 0.6) is 51.7 Å². The first-order valence-electron chi connectivity index (χ1n) is 17.3. The molecule has 0 aromatic heterocycles. The van der Waals surface area contributed by atoms with Crippen LogP contribution in [-0.2, 0) is 25.7 Å². The zero-order valence-corrected chi connectivity index (χ0v) is 31.1. The van der Waals surface area contributed by atoms with Gasteiger partial charge in [-0.1, -0.05) is 6.07 Å². The fourth-order valence-corrected chi connectivity index (χ4v) is 8.24. The highest BCUT2D eigenvalue weighted by Crippen LogP contribution is 2.57. The van der Waals surface area contributed by atoms with E-state index in [-0.39, 0.29) is 12.1 Å². The maximum Gasteiger partial charge on any atom is 0.177 e. The zero-order valence-electron chi connectivity index (χ0n) is 31.1. The van der Waals surface area contributed by atoms with Crippen molar-refractivity contribution < 1.29 is 37.9 Å². The van der Waals surface area contributed by atoms with E-state index in [4.69, 9.17) is 37.9 Å². The van der Waals surface area contributed by atoms with E-state index in [1.54, 1.807) is 49.8 Å². The summed E-state index contributed by atoms with van der Waals surface area (Å²) in [4.78, 5) is 4.81. The molecule has 0 spiro atoms. The average Bonchev–Trinajstić information content (AvgIpc) is 3.16. The fraction of sp³-hybridized carbons (Fsp3) is 0.415. The topological polar surface area (TPSA) is 80.3 Å². The molecule has 270 valence electrons. The van der Waals surface area contributed by atoms with E-state index in [0.717, 1.165) is 60.4 Å². The second kappa shape index (κ2) is 14.1. The van der Waals surface area contributed by atoms with Gasteiger partial charge in [-0.05, 0) is 97.9 Å². The number of hydrogen-bond acceptors (Lipinski definition) is 10. The maximum absolute atomic E-state index is 7.17. The summed E-state index contributed by atoms with van der Waals surface area (Å²) in [6, 6.07) is 14.7. The monoisotopic (exact) mass is 696 g/mol. The highest BCUT2D eigenvalue weighted by atomic mass is 16.5. The quantitative estimate of drug-likeness (QED) is 0.163. The van der Waals surface area contributed by atoms with Gasteiger partial charge in [0.25, 0.3) is 0 Å². The van der Waals surface area contributed by atoms with Crippen molar-refractivity contribution in [3.05, 3.63) is 75.8 Å². The molecule has 0 N–H and O–H groups in total. The summed E-state index contributed by atoms with van der Waals surface area (Å²) in [5.74, 6) is 5.92. The lowest BCUT2D eigenvalue weighted by Gasteiger charge is -2.41. The summed E-state index contributed by atoms with van der Waals surface area (Å²) >= 11 is 0. The Morgan fingerprint density at radius 2 is 1.16 bits per heavy atom. The molecule has 0 saturated carbocycles. The molecule has 2 atom stereocenters. The van der Waals surface area contributed by atoms with Crippen LogP contribution in [0.3, 0.4) is 0 Å². The first-order valence-corrected chi connectivity index (χ1v) is 17.3. The number of fused-ring (bicyclic) bond motifs is 3. The Balaban J connectivity index is 1.41. The summed E-state index contributed by atoms with van der Waals surface area (Å²) in [5.41, 5.74) is 9.01. The van der Waals surface area contributed by atoms with E-state index in [1.807, 2.05) is 18.2 Å². The van der Waals surface area contributed by atoms with Crippen molar-refractivity contribution in [1.82, 2.24) is 9.80 Å². The first kappa shape index (κ1) is 34.6. The van der Waals surface area contributed by atoms with Gasteiger partial charge >= 0.3 is 0 Å². The molecule has 2 aliphatic heterocycles. The van der Waals surface area contributed by atoms with Gasteiger partial charge in [0, 0.05) is 47.9 Å². The maximum atomic E-state index is 7.17. The largest absolute Gasteiger partial charge is 0.493 e. The molecule has 10 heteroatoms. The fourth-order valence-electron chi connectivity index (χ4n) is 8.24. The number of hydrogen-bond donors (Lipinski definition) is 0. The number of rotatable bonds is 11. The summed E-state index contributed by atoms with van der Waals surface area (Å²) in [5, 5.41) is 0. The van der Waals surface area contributed by atoms with E-state index in [0.29, 0.717) is 52.4 Å². The number of methoxy groups -OCH3 is 7. The second-order valence-electron chi connectivity index (χ2n) is 13.4. The molecule has 4 aromatic carbocycles. The molecule has 1 aliphatic carbocycles. The Morgan fingerprint density at radius 1 is 0.549 bits per heavy atom.